The summed E-state index contributed by atoms with van der Waals surface area (Å²) in [5.41, 5.74) is 4.04. The summed E-state index contributed by atoms with van der Waals surface area (Å²) in [6.07, 6.45) is 1.52. The van der Waals surface area contributed by atoms with Crippen molar-refractivity contribution in [2.45, 2.75) is 13.5 Å². The number of non-ortho nitro benzene ring substituents is 1. The fourth-order valence-corrected chi connectivity index (χ4v) is 3.11. The third-order valence-corrected chi connectivity index (χ3v) is 4.80. The van der Waals surface area contributed by atoms with Crippen molar-refractivity contribution in [3.8, 4) is 11.5 Å². The van der Waals surface area contributed by atoms with Gasteiger partial charge in [0.15, 0.2) is 11.5 Å². The van der Waals surface area contributed by atoms with E-state index in [9.17, 15) is 14.9 Å². The fourth-order valence-electron chi connectivity index (χ4n) is 2.50. The van der Waals surface area contributed by atoms with Crippen molar-refractivity contribution in [1.29, 1.82) is 0 Å². The van der Waals surface area contributed by atoms with E-state index in [1.165, 1.54) is 29.7 Å². The van der Waals surface area contributed by atoms with Crippen LogP contribution in [0.25, 0.3) is 0 Å². The van der Waals surface area contributed by atoms with Crippen molar-refractivity contribution in [3.05, 3.63) is 86.1 Å². The SMILES string of the molecule is CCOc1cc(C=NNC(=O)c2cccs2)ccc1OCc1ccc([N+](=O)[O-])cc1. The predicted molar refractivity (Wildman–Crippen MR) is 114 cm³/mol. The van der Waals surface area contributed by atoms with E-state index < -0.39 is 4.92 Å². The number of carbonyl (C=O) groups excluding carboxylic acids is 1. The van der Waals surface area contributed by atoms with Crippen LogP contribution in [0.5, 0.6) is 11.5 Å². The lowest BCUT2D eigenvalue weighted by Crippen LogP contribution is -2.16. The molecule has 0 saturated carbocycles. The van der Waals surface area contributed by atoms with E-state index in [0.717, 1.165) is 11.1 Å². The molecule has 1 heterocycles. The molecule has 3 rings (SSSR count). The van der Waals surface area contributed by atoms with Crippen molar-refractivity contribution in [3.63, 3.8) is 0 Å². The number of ether oxygens (including phenoxy) is 2. The van der Waals surface area contributed by atoms with Crippen LogP contribution >= 0.6 is 11.3 Å². The van der Waals surface area contributed by atoms with Gasteiger partial charge in [-0.05, 0) is 59.8 Å². The van der Waals surface area contributed by atoms with Crippen LogP contribution < -0.4 is 14.9 Å². The zero-order valence-corrected chi connectivity index (χ0v) is 16.9. The van der Waals surface area contributed by atoms with E-state index in [4.69, 9.17) is 9.47 Å². The Hall–Kier alpha value is -3.72. The van der Waals surface area contributed by atoms with E-state index in [-0.39, 0.29) is 18.2 Å². The van der Waals surface area contributed by atoms with E-state index in [1.54, 1.807) is 42.5 Å². The Labute approximate surface area is 176 Å². The van der Waals surface area contributed by atoms with Crippen molar-refractivity contribution in [2.24, 2.45) is 5.10 Å². The summed E-state index contributed by atoms with van der Waals surface area (Å²) < 4.78 is 11.5. The second-order valence-corrected chi connectivity index (χ2v) is 6.98. The summed E-state index contributed by atoms with van der Waals surface area (Å²) in [7, 11) is 0. The Kier molecular flexibility index (Phi) is 7.12. The van der Waals surface area contributed by atoms with Gasteiger partial charge in [0.25, 0.3) is 11.6 Å². The lowest BCUT2D eigenvalue weighted by molar-refractivity contribution is -0.384. The van der Waals surface area contributed by atoms with Crippen LogP contribution in [0.1, 0.15) is 27.7 Å². The second kappa shape index (κ2) is 10.2. The molecule has 0 saturated heterocycles. The largest absolute Gasteiger partial charge is 0.490 e. The zero-order chi connectivity index (χ0) is 21.3. The first-order valence-corrected chi connectivity index (χ1v) is 9.94. The molecule has 0 aliphatic heterocycles. The average molecular weight is 425 g/mol. The number of hydrogen-bond donors (Lipinski definition) is 1. The first kappa shape index (κ1) is 21.0. The van der Waals surface area contributed by atoms with Gasteiger partial charge in [0.05, 0.1) is 22.6 Å². The molecule has 0 atom stereocenters. The highest BCUT2D eigenvalue weighted by Crippen LogP contribution is 2.29. The summed E-state index contributed by atoms with van der Waals surface area (Å²) in [6.45, 7) is 2.55. The lowest BCUT2D eigenvalue weighted by atomic mass is 10.2. The minimum absolute atomic E-state index is 0.0311. The van der Waals surface area contributed by atoms with Crippen molar-refractivity contribution >= 4 is 29.1 Å². The third kappa shape index (κ3) is 5.65. The molecule has 2 aromatic carbocycles. The number of hydrogen-bond acceptors (Lipinski definition) is 7. The third-order valence-electron chi connectivity index (χ3n) is 3.93. The summed E-state index contributed by atoms with van der Waals surface area (Å²) in [5.74, 6) is 0.803. The minimum Gasteiger partial charge on any atom is -0.490 e. The number of nitro groups is 1. The standard InChI is InChI=1S/C21H19N3O5S/c1-2-28-19-12-16(13-22-23-21(25)20-4-3-11-30-20)7-10-18(19)29-14-15-5-8-17(9-6-15)24(26)27/h3-13H,2,14H2,1H3,(H,23,25). The molecular weight excluding hydrogens is 406 g/mol. The Balaban J connectivity index is 1.64. The van der Waals surface area contributed by atoms with Gasteiger partial charge in [-0.2, -0.15) is 5.10 Å². The Morgan fingerprint density at radius 3 is 2.63 bits per heavy atom. The normalized spacial score (nSPS) is 10.7. The Morgan fingerprint density at radius 2 is 1.97 bits per heavy atom. The van der Waals surface area contributed by atoms with Gasteiger partial charge in [-0.3, -0.25) is 14.9 Å². The van der Waals surface area contributed by atoms with Crippen LogP contribution in [0.2, 0.25) is 0 Å². The molecule has 9 heteroatoms. The molecular formula is C21H19N3O5S. The minimum atomic E-state index is -0.443. The highest BCUT2D eigenvalue weighted by atomic mass is 32.1. The number of nitrogens with one attached hydrogen (secondary N) is 1. The zero-order valence-electron chi connectivity index (χ0n) is 16.1. The number of carbonyl (C=O) groups is 1. The first-order chi connectivity index (χ1) is 14.6. The molecule has 1 amide bonds. The van der Waals surface area contributed by atoms with Crippen LogP contribution in [0.3, 0.4) is 0 Å². The van der Waals surface area contributed by atoms with Crippen LogP contribution in [0, 0.1) is 10.1 Å². The topological polar surface area (TPSA) is 103 Å². The second-order valence-electron chi connectivity index (χ2n) is 6.03. The highest BCUT2D eigenvalue weighted by molar-refractivity contribution is 7.12. The lowest BCUT2D eigenvalue weighted by Gasteiger charge is -2.12. The van der Waals surface area contributed by atoms with Crippen molar-refractivity contribution in [1.82, 2.24) is 5.43 Å². The summed E-state index contributed by atoms with van der Waals surface area (Å²) in [6, 6.07) is 15.0. The van der Waals surface area contributed by atoms with Gasteiger partial charge in [0.1, 0.15) is 6.61 Å². The van der Waals surface area contributed by atoms with Crippen LogP contribution in [0.4, 0.5) is 5.69 Å². The summed E-state index contributed by atoms with van der Waals surface area (Å²) >= 11 is 1.34. The van der Waals surface area contributed by atoms with Crippen LogP contribution in [0.15, 0.2) is 65.1 Å². The molecule has 154 valence electrons. The molecule has 0 aliphatic rings. The van der Waals surface area contributed by atoms with E-state index in [1.807, 2.05) is 12.3 Å². The molecule has 0 unspecified atom stereocenters. The monoisotopic (exact) mass is 425 g/mol. The molecule has 30 heavy (non-hydrogen) atoms. The van der Waals surface area contributed by atoms with Crippen LogP contribution in [-0.2, 0) is 6.61 Å². The molecule has 1 aromatic heterocycles. The Bertz CT molecular complexity index is 1030. The number of thiophene rings is 1. The summed E-state index contributed by atoms with van der Waals surface area (Å²) in [4.78, 5) is 22.8. The number of nitrogens with zero attached hydrogens (tertiary/aromatic N) is 2. The maximum absolute atomic E-state index is 11.9. The van der Waals surface area contributed by atoms with Crippen LogP contribution in [-0.4, -0.2) is 23.7 Å². The number of rotatable bonds is 9. The number of hydrazone groups is 1. The van der Waals surface area contributed by atoms with E-state index >= 15 is 0 Å². The van der Waals surface area contributed by atoms with Gasteiger partial charge in [-0.25, -0.2) is 5.43 Å². The molecule has 0 radical (unpaired) electrons. The van der Waals surface area contributed by atoms with E-state index in [0.29, 0.717) is 23.0 Å². The maximum atomic E-state index is 11.9. The van der Waals surface area contributed by atoms with E-state index in [2.05, 4.69) is 10.5 Å². The van der Waals surface area contributed by atoms with Gasteiger partial charge < -0.3 is 9.47 Å². The smallest absolute Gasteiger partial charge is 0.281 e. The molecule has 0 fully saturated rings. The molecule has 3 aromatic rings. The first-order valence-electron chi connectivity index (χ1n) is 9.06. The van der Waals surface area contributed by atoms with Gasteiger partial charge >= 0.3 is 0 Å². The van der Waals surface area contributed by atoms with Gasteiger partial charge in [0, 0.05) is 12.1 Å². The van der Waals surface area contributed by atoms with Gasteiger partial charge in [0.2, 0.25) is 0 Å². The highest BCUT2D eigenvalue weighted by Gasteiger charge is 2.09. The number of nitro benzene ring substituents is 1. The molecule has 0 spiro atoms. The molecule has 0 aliphatic carbocycles. The quantitative estimate of drug-likeness (QED) is 0.311. The fraction of sp³-hybridized carbons (Fsp3) is 0.143. The van der Waals surface area contributed by atoms with Gasteiger partial charge in [-0.15, -0.1) is 11.3 Å². The number of amides is 1. The van der Waals surface area contributed by atoms with Crippen molar-refractivity contribution < 1.29 is 19.2 Å². The maximum Gasteiger partial charge on any atom is 0.281 e. The van der Waals surface area contributed by atoms with Gasteiger partial charge in [-0.1, -0.05) is 6.07 Å². The molecule has 1 N–H and O–H groups in total. The molecule has 0 bridgehead atoms. The molecule has 8 nitrogen and oxygen atoms in total. The van der Waals surface area contributed by atoms with Crippen molar-refractivity contribution in [2.75, 3.05) is 6.61 Å². The number of benzene rings is 2. The Morgan fingerprint density at radius 1 is 1.17 bits per heavy atom. The predicted octanol–water partition coefficient (Wildman–Crippen LogP) is 4.40. The average Bonchev–Trinajstić information content (AvgIpc) is 3.29. The summed E-state index contributed by atoms with van der Waals surface area (Å²) in [5, 5.41) is 16.5.